The Morgan fingerprint density at radius 1 is 0.750 bits per heavy atom. The molecular formula is C21H41N7O5S3. The van der Waals surface area contributed by atoms with Crippen LogP contribution in [0.25, 0.3) is 0 Å². The van der Waals surface area contributed by atoms with Gasteiger partial charge < -0.3 is 38.3 Å². The van der Waals surface area contributed by atoms with Crippen LogP contribution in [0.15, 0.2) is 4.99 Å². The van der Waals surface area contributed by atoms with E-state index in [2.05, 4.69) is 20.9 Å². The molecule has 0 aromatic carbocycles. The zero-order valence-electron chi connectivity index (χ0n) is 21.2. The summed E-state index contributed by atoms with van der Waals surface area (Å²) in [5.41, 5.74) is 16.6. The number of carbonyl (C=O) groups excluding carboxylic acids is 3. The van der Waals surface area contributed by atoms with E-state index in [1.54, 1.807) is 11.8 Å². The minimum absolute atomic E-state index is 0.0811. The number of aliphatic carboxylic acids is 1. The van der Waals surface area contributed by atoms with Crippen LogP contribution in [0.3, 0.4) is 0 Å². The van der Waals surface area contributed by atoms with Crippen LogP contribution in [0.2, 0.25) is 0 Å². The van der Waals surface area contributed by atoms with Crippen LogP contribution >= 0.6 is 35.3 Å². The number of nitrogens with zero attached hydrogens (tertiary/aromatic N) is 1. The molecule has 10 N–H and O–H groups in total. The molecule has 0 aliphatic heterocycles. The standard InChI is InChI=1S/C21H41N7O5S3/c1-34-10-6-13(22)17(29)26-14(5-4-9-25-21(23)24)18(30)27-15(7-11-35-2)19(31)28-16(20(32)33)8-12-36-3/h13-16H,4-12,22H2,1-3H3,(H,26,29)(H,27,30)(H,28,31)(H,32,33)(H4,23,24,25). The minimum Gasteiger partial charge on any atom is -0.480 e. The average Bonchev–Trinajstić information content (AvgIpc) is 2.83. The smallest absolute Gasteiger partial charge is 0.326 e. The van der Waals surface area contributed by atoms with E-state index in [9.17, 15) is 24.3 Å². The van der Waals surface area contributed by atoms with Crippen molar-refractivity contribution in [2.45, 2.75) is 56.3 Å². The maximum absolute atomic E-state index is 13.2. The molecule has 15 heteroatoms. The number of aliphatic imine (C=N–C) groups is 1. The van der Waals surface area contributed by atoms with Crippen molar-refractivity contribution in [3.05, 3.63) is 0 Å². The van der Waals surface area contributed by atoms with Gasteiger partial charge in [0.05, 0.1) is 6.04 Å². The number of hydrogen-bond donors (Lipinski definition) is 7. The van der Waals surface area contributed by atoms with E-state index >= 15 is 0 Å². The van der Waals surface area contributed by atoms with E-state index < -0.39 is 47.9 Å². The second-order valence-electron chi connectivity index (χ2n) is 7.92. The average molecular weight is 568 g/mol. The van der Waals surface area contributed by atoms with Crippen LogP contribution in [0.5, 0.6) is 0 Å². The molecule has 4 unspecified atom stereocenters. The first-order valence-electron chi connectivity index (χ1n) is 11.5. The third-order valence-corrected chi connectivity index (χ3v) is 6.95. The van der Waals surface area contributed by atoms with Gasteiger partial charge in [0.15, 0.2) is 5.96 Å². The number of carboxylic acids is 1. The first kappa shape index (κ1) is 34.2. The SMILES string of the molecule is CSCCC(N)C(=O)NC(CCCN=C(N)N)C(=O)NC(CCSC)C(=O)NC(CCSC)C(=O)O. The normalized spacial score (nSPS) is 14.1. The van der Waals surface area contributed by atoms with Crippen molar-refractivity contribution in [2.24, 2.45) is 22.2 Å². The third kappa shape index (κ3) is 15.3. The molecule has 0 bridgehead atoms. The summed E-state index contributed by atoms with van der Waals surface area (Å²) in [4.78, 5) is 54.1. The van der Waals surface area contributed by atoms with Gasteiger partial charge in [-0.3, -0.25) is 19.4 Å². The van der Waals surface area contributed by atoms with Crippen LogP contribution in [0, 0.1) is 0 Å². The Morgan fingerprint density at radius 2 is 1.19 bits per heavy atom. The molecule has 0 rings (SSSR count). The summed E-state index contributed by atoms with van der Waals surface area (Å²) in [6, 6.07) is -3.79. The number of thioether (sulfide) groups is 3. The van der Waals surface area contributed by atoms with E-state index in [1.165, 1.54) is 23.5 Å². The lowest BCUT2D eigenvalue weighted by molar-refractivity contribution is -0.142. The predicted octanol–water partition coefficient (Wildman–Crippen LogP) is -0.834. The summed E-state index contributed by atoms with van der Waals surface area (Å²) < 4.78 is 0. The number of hydrogen-bond acceptors (Lipinski definition) is 9. The van der Waals surface area contributed by atoms with Crippen molar-refractivity contribution in [2.75, 3.05) is 42.6 Å². The highest BCUT2D eigenvalue weighted by Gasteiger charge is 2.29. The van der Waals surface area contributed by atoms with E-state index in [-0.39, 0.29) is 31.8 Å². The van der Waals surface area contributed by atoms with Crippen LogP contribution in [0.4, 0.5) is 0 Å². The van der Waals surface area contributed by atoms with Crippen LogP contribution < -0.4 is 33.2 Å². The van der Waals surface area contributed by atoms with E-state index in [1.807, 2.05) is 18.8 Å². The number of nitrogens with two attached hydrogens (primary N) is 3. The number of carbonyl (C=O) groups is 4. The van der Waals surface area contributed by atoms with Crippen molar-refractivity contribution in [3.63, 3.8) is 0 Å². The van der Waals surface area contributed by atoms with Gasteiger partial charge in [-0.05, 0) is 68.1 Å². The van der Waals surface area contributed by atoms with E-state index in [0.29, 0.717) is 30.1 Å². The highest BCUT2D eigenvalue weighted by Crippen LogP contribution is 2.07. The van der Waals surface area contributed by atoms with Gasteiger partial charge in [0.25, 0.3) is 0 Å². The van der Waals surface area contributed by atoms with Gasteiger partial charge >= 0.3 is 5.97 Å². The Balaban J connectivity index is 5.50. The van der Waals surface area contributed by atoms with Crippen molar-refractivity contribution in [3.8, 4) is 0 Å². The van der Waals surface area contributed by atoms with Gasteiger partial charge in [0, 0.05) is 6.54 Å². The fourth-order valence-corrected chi connectivity index (χ4v) is 4.40. The van der Waals surface area contributed by atoms with Gasteiger partial charge in [-0.25, -0.2) is 4.79 Å². The van der Waals surface area contributed by atoms with Gasteiger partial charge in [-0.1, -0.05) is 0 Å². The summed E-state index contributed by atoms with van der Waals surface area (Å²) >= 11 is 4.51. The summed E-state index contributed by atoms with van der Waals surface area (Å²) in [5.74, 6) is -1.05. The molecule has 4 atom stereocenters. The molecule has 0 saturated carbocycles. The summed E-state index contributed by atoms with van der Waals surface area (Å²) in [7, 11) is 0. The molecule has 36 heavy (non-hydrogen) atoms. The minimum atomic E-state index is -1.14. The zero-order chi connectivity index (χ0) is 27.5. The summed E-state index contributed by atoms with van der Waals surface area (Å²) in [6.45, 7) is 0.257. The first-order valence-corrected chi connectivity index (χ1v) is 15.7. The van der Waals surface area contributed by atoms with Crippen LogP contribution in [0.1, 0.15) is 32.1 Å². The molecule has 0 fully saturated rings. The number of nitrogens with one attached hydrogen (secondary N) is 3. The lowest BCUT2D eigenvalue weighted by atomic mass is 10.1. The molecule has 0 aromatic rings. The third-order valence-electron chi connectivity index (χ3n) is 5.02. The molecule has 0 heterocycles. The van der Waals surface area contributed by atoms with Crippen LogP contribution in [-0.4, -0.2) is 101 Å². The number of amides is 3. The van der Waals surface area contributed by atoms with Gasteiger partial charge in [-0.15, -0.1) is 0 Å². The Morgan fingerprint density at radius 3 is 1.69 bits per heavy atom. The highest BCUT2D eigenvalue weighted by molar-refractivity contribution is 7.98. The highest BCUT2D eigenvalue weighted by atomic mass is 32.2. The lowest BCUT2D eigenvalue weighted by Gasteiger charge is -2.25. The molecule has 0 aliphatic carbocycles. The van der Waals surface area contributed by atoms with Gasteiger partial charge in [0.1, 0.15) is 18.1 Å². The lowest BCUT2D eigenvalue weighted by Crippen LogP contribution is -2.57. The molecule has 208 valence electrons. The second kappa shape index (κ2) is 20.2. The molecule has 0 aliphatic rings. The topological polar surface area (TPSA) is 215 Å². The van der Waals surface area contributed by atoms with Gasteiger partial charge in [-0.2, -0.15) is 35.3 Å². The molecule has 12 nitrogen and oxygen atoms in total. The summed E-state index contributed by atoms with van der Waals surface area (Å²) in [6.07, 6.45) is 7.20. The Labute approximate surface area is 225 Å². The number of guanidine groups is 1. The fourth-order valence-electron chi connectivity index (χ4n) is 2.97. The molecule has 0 radical (unpaired) electrons. The zero-order valence-corrected chi connectivity index (χ0v) is 23.6. The Bertz CT molecular complexity index is 726. The van der Waals surface area contributed by atoms with E-state index in [0.717, 1.165) is 0 Å². The van der Waals surface area contributed by atoms with Crippen molar-refractivity contribution < 1.29 is 24.3 Å². The van der Waals surface area contributed by atoms with Crippen molar-refractivity contribution in [1.82, 2.24) is 16.0 Å². The number of rotatable bonds is 20. The Hall–Kier alpha value is -1.84. The molecule has 0 spiro atoms. The first-order chi connectivity index (χ1) is 17.1. The Kier molecular flexibility index (Phi) is 19.2. The van der Waals surface area contributed by atoms with Crippen molar-refractivity contribution in [1.29, 1.82) is 0 Å². The van der Waals surface area contributed by atoms with Crippen LogP contribution in [-0.2, 0) is 19.2 Å². The summed E-state index contributed by atoms with van der Waals surface area (Å²) in [5, 5.41) is 17.3. The van der Waals surface area contributed by atoms with Gasteiger partial charge in [0.2, 0.25) is 17.7 Å². The predicted molar refractivity (Wildman–Crippen MR) is 150 cm³/mol. The molecule has 3 amide bonds. The molecule has 0 saturated heterocycles. The maximum Gasteiger partial charge on any atom is 0.326 e. The van der Waals surface area contributed by atoms with E-state index in [4.69, 9.17) is 17.2 Å². The second-order valence-corrected chi connectivity index (χ2v) is 10.9. The molecular weight excluding hydrogens is 526 g/mol. The maximum atomic E-state index is 13.2. The van der Waals surface area contributed by atoms with Crippen molar-refractivity contribution >= 4 is 64.9 Å². The molecule has 0 aromatic heterocycles. The monoisotopic (exact) mass is 567 g/mol. The quantitative estimate of drug-likeness (QED) is 0.0547. The largest absolute Gasteiger partial charge is 0.480 e. The number of carboxylic acid groups (broad SMARTS) is 1. The fraction of sp³-hybridized carbons (Fsp3) is 0.762.